The third kappa shape index (κ3) is 5.88. The summed E-state index contributed by atoms with van der Waals surface area (Å²) in [6, 6.07) is 8.69. The van der Waals surface area contributed by atoms with Gasteiger partial charge in [0.15, 0.2) is 0 Å². The first-order chi connectivity index (χ1) is 12.3. The average molecular weight is 393 g/mol. The van der Waals surface area contributed by atoms with Gasteiger partial charge < -0.3 is 0 Å². The van der Waals surface area contributed by atoms with Gasteiger partial charge in [0.05, 0.1) is 16.6 Å². The maximum absolute atomic E-state index is 12.4. The van der Waals surface area contributed by atoms with E-state index in [-0.39, 0.29) is 16.1 Å². The summed E-state index contributed by atoms with van der Waals surface area (Å²) >= 11 is 7.87. The van der Waals surface area contributed by atoms with E-state index in [1.165, 1.54) is 41.5 Å². The Bertz CT molecular complexity index is 780. The lowest BCUT2D eigenvalue weighted by Gasteiger charge is -2.21. The van der Waals surface area contributed by atoms with Crippen LogP contribution < -0.4 is 5.56 Å². The number of aryl methyl sites for hydroxylation is 1. The third-order valence-electron chi connectivity index (χ3n) is 4.23. The zero-order valence-corrected chi connectivity index (χ0v) is 17.8. The van der Waals surface area contributed by atoms with Crippen molar-refractivity contribution in [2.24, 2.45) is 0 Å². The van der Waals surface area contributed by atoms with Crippen molar-refractivity contribution in [1.82, 2.24) is 9.78 Å². The normalized spacial score (nSPS) is 11.7. The molecule has 0 radical (unpaired) electrons. The van der Waals surface area contributed by atoms with E-state index in [9.17, 15) is 4.79 Å². The zero-order chi connectivity index (χ0) is 19.2. The Morgan fingerprint density at radius 1 is 1.15 bits per heavy atom. The van der Waals surface area contributed by atoms with Crippen LogP contribution in [0.2, 0.25) is 5.02 Å². The van der Waals surface area contributed by atoms with Gasteiger partial charge in [-0.3, -0.25) is 4.79 Å². The highest BCUT2D eigenvalue weighted by molar-refractivity contribution is 7.98. The number of nitrogens with zero attached hydrogens (tertiary/aromatic N) is 2. The fourth-order valence-corrected chi connectivity index (χ4v) is 3.92. The molecular weight excluding hydrogens is 364 g/mol. The van der Waals surface area contributed by atoms with E-state index in [1.54, 1.807) is 18.0 Å². The van der Waals surface area contributed by atoms with Gasteiger partial charge in [-0.25, -0.2) is 4.68 Å². The van der Waals surface area contributed by atoms with Gasteiger partial charge in [0.1, 0.15) is 5.02 Å². The van der Waals surface area contributed by atoms with Crippen molar-refractivity contribution in [3.8, 4) is 0 Å². The minimum atomic E-state index is -0.379. The molecule has 0 spiro atoms. The van der Waals surface area contributed by atoms with Gasteiger partial charge in [-0.05, 0) is 44.7 Å². The van der Waals surface area contributed by atoms with Crippen molar-refractivity contribution in [2.45, 2.75) is 76.0 Å². The van der Waals surface area contributed by atoms with Crippen LogP contribution in [0.3, 0.4) is 0 Å². The SMILES string of the molecule is CCCCCCc1cccc(CSc2cnn(C(C)(C)C)c(=O)c2Cl)c1. The van der Waals surface area contributed by atoms with Gasteiger partial charge in [-0.15, -0.1) is 11.8 Å². The molecule has 26 heavy (non-hydrogen) atoms. The molecule has 0 atom stereocenters. The lowest BCUT2D eigenvalue weighted by molar-refractivity contribution is 0.336. The first kappa shape index (κ1) is 21.0. The predicted molar refractivity (Wildman–Crippen MR) is 112 cm³/mol. The number of aromatic nitrogens is 2. The summed E-state index contributed by atoms with van der Waals surface area (Å²) in [4.78, 5) is 13.2. The minimum Gasteiger partial charge on any atom is -0.266 e. The van der Waals surface area contributed by atoms with Gasteiger partial charge in [0, 0.05) is 5.75 Å². The summed E-state index contributed by atoms with van der Waals surface area (Å²) in [5.41, 5.74) is 2.02. The molecule has 0 unspecified atom stereocenters. The summed E-state index contributed by atoms with van der Waals surface area (Å²) in [6.07, 6.45) is 7.93. The number of benzene rings is 1. The van der Waals surface area contributed by atoms with E-state index in [0.29, 0.717) is 0 Å². The molecule has 2 aromatic rings. The molecule has 0 aliphatic carbocycles. The molecular formula is C21H29ClN2OS. The van der Waals surface area contributed by atoms with Crippen LogP contribution in [0, 0.1) is 0 Å². The van der Waals surface area contributed by atoms with Crippen molar-refractivity contribution < 1.29 is 0 Å². The van der Waals surface area contributed by atoms with Crippen molar-refractivity contribution in [2.75, 3.05) is 0 Å². The number of rotatable bonds is 8. The van der Waals surface area contributed by atoms with Gasteiger partial charge in [0.25, 0.3) is 5.56 Å². The maximum Gasteiger partial charge on any atom is 0.287 e. The Labute approximate surface area is 166 Å². The van der Waals surface area contributed by atoms with E-state index in [2.05, 4.69) is 36.3 Å². The van der Waals surface area contributed by atoms with Gasteiger partial charge in [0.2, 0.25) is 0 Å². The van der Waals surface area contributed by atoms with Crippen molar-refractivity contribution >= 4 is 23.4 Å². The lowest BCUT2D eigenvalue weighted by Crippen LogP contribution is -2.36. The Morgan fingerprint density at radius 2 is 1.88 bits per heavy atom. The summed E-state index contributed by atoms with van der Waals surface area (Å²) in [5.74, 6) is 0.781. The average Bonchev–Trinajstić information content (AvgIpc) is 2.59. The fraction of sp³-hybridized carbons (Fsp3) is 0.524. The smallest absolute Gasteiger partial charge is 0.266 e. The standard InChI is InChI=1S/C21H29ClN2OS/c1-5-6-7-8-10-16-11-9-12-17(13-16)15-26-18-14-23-24(21(2,3)4)20(25)19(18)22/h9,11-14H,5-8,10,15H2,1-4H3. The summed E-state index contributed by atoms with van der Waals surface area (Å²) < 4.78 is 1.44. The van der Waals surface area contributed by atoms with Crippen LogP contribution >= 0.6 is 23.4 Å². The number of thioether (sulfide) groups is 1. The van der Waals surface area contributed by atoms with Gasteiger partial charge in [-0.2, -0.15) is 5.10 Å². The molecule has 1 aromatic heterocycles. The van der Waals surface area contributed by atoms with E-state index >= 15 is 0 Å². The minimum absolute atomic E-state index is 0.228. The molecule has 1 aromatic carbocycles. The molecule has 1 heterocycles. The number of halogens is 1. The summed E-state index contributed by atoms with van der Waals surface area (Å²) in [7, 11) is 0. The molecule has 0 saturated heterocycles. The zero-order valence-electron chi connectivity index (χ0n) is 16.2. The molecule has 0 amide bonds. The highest BCUT2D eigenvalue weighted by atomic mass is 35.5. The Kier molecular flexibility index (Phi) is 7.78. The first-order valence-electron chi connectivity index (χ1n) is 9.32. The number of unbranched alkanes of at least 4 members (excludes halogenated alkanes) is 3. The number of hydrogen-bond acceptors (Lipinski definition) is 3. The van der Waals surface area contributed by atoms with Crippen LogP contribution in [-0.2, 0) is 17.7 Å². The molecule has 142 valence electrons. The molecule has 2 rings (SSSR count). The Balaban J connectivity index is 2.03. The van der Waals surface area contributed by atoms with Crippen LogP contribution in [0.1, 0.15) is 64.5 Å². The van der Waals surface area contributed by atoms with Crippen LogP contribution in [-0.4, -0.2) is 9.78 Å². The van der Waals surface area contributed by atoms with Crippen LogP contribution in [0.15, 0.2) is 40.2 Å². The maximum atomic E-state index is 12.4. The largest absolute Gasteiger partial charge is 0.287 e. The second-order valence-electron chi connectivity index (χ2n) is 7.63. The molecule has 0 bridgehead atoms. The topological polar surface area (TPSA) is 34.9 Å². The second-order valence-corrected chi connectivity index (χ2v) is 9.03. The molecule has 0 aliphatic heterocycles. The predicted octanol–water partition coefficient (Wildman–Crippen LogP) is 6.07. The second kappa shape index (κ2) is 9.61. The van der Waals surface area contributed by atoms with Gasteiger partial charge in [-0.1, -0.05) is 62.1 Å². The lowest BCUT2D eigenvalue weighted by atomic mass is 10.0. The number of hydrogen-bond donors (Lipinski definition) is 0. The van der Waals surface area contributed by atoms with Gasteiger partial charge >= 0.3 is 0 Å². The van der Waals surface area contributed by atoms with E-state index in [0.717, 1.165) is 17.1 Å². The fourth-order valence-electron chi connectivity index (χ4n) is 2.79. The first-order valence-corrected chi connectivity index (χ1v) is 10.7. The van der Waals surface area contributed by atoms with Crippen LogP contribution in [0.5, 0.6) is 0 Å². The molecule has 3 nitrogen and oxygen atoms in total. The third-order valence-corrected chi connectivity index (χ3v) is 5.80. The highest BCUT2D eigenvalue weighted by Gasteiger charge is 2.19. The summed E-state index contributed by atoms with van der Waals surface area (Å²) in [6.45, 7) is 8.06. The summed E-state index contributed by atoms with van der Waals surface area (Å²) in [5, 5.41) is 4.56. The molecule has 5 heteroatoms. The Hall–Kier alpha value is -1.26. The Morgan fingerprint density at radius 3 is 2.58 bits per heavy atom. The van der Waals surface area contributed by atoms with Crippen LogP contribution in [0.4, 0.5) is 0 Å². The highest BCUT2D eigenvalue weighted by Crippen LogP contribution is 2.28. The van der Waals surface area contributed by atoms with Crippen molar-refractivity contribution in [1.29, 1.82) is 0 Å². The molecule has 0 fully saturated rings. The molecule has 0 saturated carbocycles. The van der Waals surface area contributed by atoms with Crippen LogP contribution in [0.25, 0.3) is 0 Å². The van der Waals surface area contributed by atoms with E-state index in [1.807, 2.05) is 20.8 Å². The quantitative estimate of drug-likeness (QED) is 0.404. The van der Waals surface area contributed by atoms with Crippen molar-refractivity contribution in [3.63, 3.8) is 0 Å². The molecule has 0 N–H and O–H groups in total. The van der Waals surface area contributed by atoms with E-state index < -0.39 is 0 Å². The van der Waals surface area contributed by atoms with E-state index in [4.69, 9.17) is 11.6 Å². The monoisotopic (exact) mass is 392 g/mol. The molecule has 0 aliphatic rings. The van der Waals surface area contributed by atoms with Crippen molar-refractivity contribution in [3.05, 3.63) is 57.0 Å².